The van der Waals surface area contributed by atoms with E-state index < -0.39 is 30.8 Å². The zero-order valence-electron chi connectivity index (χ0n) is 8.91. The largest absolute Gasteiger partial charge is 0.394 e. The molecule has 0 aliphatic rings. The summed E-state index contributed by atoms with van der Waals surface area (Å²) in [6, 6.07) is 0. The van der Waals surface area contributed by atoms with Crippen LogP contribution in [0.25, 0.3) is 0 Å². The Balaban J connectivity index is 0. The first-order valence-electron chi connectivity index (χ1n) is 4.33. The van der Waals surface area contributed by atoms with Crippen molar-refractivity contribution >= 4 is 12.2 Å². The Hall–Kier alpha value is -1.28. The summed E-state index contributed by atoms with van der Waals surface area (Å²) in [7, 11) is 0. The van der Waals surface area contributed by atoms with E-state index in [1.807, 2.05) is 0 Å². The fourth-order valence-electron chi connectivity index (χ4n) is 0.416. The summed E-state index contributed by atoms with van der Waals surface area (Å²) in [6.07, 6.45) is -4.63. The van der Waals surface area contributed by atoms with Crippen LogP contribution in [0.5, 0.6) is 0 Å². The van der Waals surface area contributed by atoms with Crippen molar-refractivity contribution in [3.05, 3.63) is 12.2 Å². The van der Waals surface area contributed by atoms with Crippen molar-refractivity contribution in [3.8, 4) is 0 Å². The summed E-state index contributed by atoms with van der Waals surface area (Å²) in [5, 5.41) is 34.1. The maximum atomic E-state index is 9.82. The van der Waals surface area contributed by atoms with Crippen molar-refractivity contribution in [2.45, 2.75) is 25.2 Å². The molecule has 6 N–H and O–H groups in total. The first kappa shape index (κ1) is 17.1. The number of nitrogens with two attached hydrogens (primary N) is 1. The molecule has 0 unspecified atom stereocenters. The fraction of sp³-hybridized carbons (Fsp3) is 0.556. The standard InChI is InChI=1S/C5H10O5.C4H7NO/c6-1-3(8)5(10)4(9)2-7;1-3(2)4(5)6/h1,3-5,7-10H,2H2;1H2,2H3,(H2,5,6)/t3-,4-,5+;/m1./s1. The molecule has 0 bridgehead atoms. The van der Waals surface area contributed by atoms with E-state index in [2.05, 4.69) is 6.58 Å². The second-order valence-electron chi connectivity index (χ2n) is 3.01. The molecular weight excluding hydrogens is 218 g/mol. The number of aldehydes is 1. The lowest BCUT2D eigenvalue weighted by atomic mass is 10.1. The van der Waals surface area contributed by atoms with Gasteiger partial charge in [-0.15, -0.1) is 0 Å². The Morgan fingerprint density at radius 1 is 1.44 bits per heavy atom. The SMILES string of the molecule is C=C(C)C(N)=O.O=C[C@@H](O)[C@H](O)[C@H](O)CO. The summed E-state index contributed by atoms with van der Waals surface area (Å²) in [4.78, 5) is 19.6. The summed E-state index contributed by atoms with van der Waals surface area (Å²) in [5.74, 6) is -0.435. The molecule has 0 spiro atoms. The number of aliphatic hydroxyl groups is 4. The van der Waals surface area contributed by atoms with Crippen LogP contribution in [-0.4, -0.2) is 57.5 Å². The summed E-state index contributed by atoms with van der Waals surface area (Å²) < 4.78 is 0. The van der Waals surface area contributed by atoms with Crippen molar-refractivity contribution in [2.24, 2.45) is 5.73 Å². The van der Waals surface area contributed by atoms with Gasteiger partial charge in [0, 0.05) is 5.57 Å². The number of aliphatic hydroxyl groups excluding tert-OH is 4. The van der Waals surface area contributed by atoms with Gasteiger partial charge >= 0.3 is 0 Å². The fourth-order valence-corrected chi connectivity index (χ4v) is 0.416. The number of carbonyl (C=O) groups excluding carboxylic acids is 2. The Bertz CT molecular complexity index is 230. The third kappa shape index (κ3) is 8.06. The van der Waals surface area contributed by atoms with E-state index in [4.69, 9.17) is 26.2 Å². The molecule has 0 aliphatic carbocycles. The molecule has 0 saturated carbocycles. The second kappa shape index (κ2) is 8.98. The molecule has 0 rings (SSSR count). The van der Waals surface area contributed by atoms with Crippen LogP contribution in [0.1, 0.15) is 6.92 Å². The van der Waals surface area contributed by atoms with Crippen molar-refractivity contribution in [1.82, 2.24) is 0 Å². The van der Waals surface area contributed by atoms with Gasteiger partial charge in [-0.2, -0.15) is 0 Å². The molecule has 16 heavy (non-hydrogen) atoms. The quantitative estimate of drug-likeness (QED) is 0.259. The number of amides is 1. The van der Waals surface area contributed by atoms with E-state index in [-0.39, 0.29) is 6.29 Å². The van der Waals surface area contributed by atoms with E-state index >= 15 is 0 Å². The first-order chi connectivity index (χ1) is 7.27. The molecule has 3 atom stereocenters. The van der Waals surface area contributed by atoms with Gasteiger partial charge in [-0.25, -0.2) is 0 Å². The number of hydrogen-bond acceptors (Lipinski definition) is 6. The van der Waals surface area contributed by atoms with Crippen LogP contribution in [-0.2, 0) is 9.59 Å². The molecule has 0 aromatic rings. The van der Waals surface area contributed by atoms with Crippen LogP contribution in [0.4, 0.5) is 0 Å². The smallest absolute Gasteiger partial charge is 0.243 e. The number of carbonyl (C=O) groups is 2. The lowest BCUT2D eigenvalue weighted by molar-refractivity contribution is -0.127. The summed E-state index contributed by atoms with van der Waals surface area (Å²) in [5.41, 5.74) is 5.09. The first-order valence-corrected chi connectivity index (χ1v) is 4.33. The third-order valence-electron chi connectivity index (χ3n) is 1.49. The number of hydrogen-bond donors (Lipinski definition) is 5. The molecular formula is C9H17NO6. The molecule has 0 aromatic carbocycles. The highest BCUT2D eigenvalue weighted by atomic mass is 16.4. The lowest BCUT2D eigenvalue weighted by Crippen LogP contribution is -2.40. The van der Waals surface area contributed by atoms with E-state index in [0.29, 0.717) is 5.57 Å². The maximum Gasteiger partial charge on any atom is 0.243 e. The maximum absolute atomic E-state index is 9.82. The summed E-state index contributed by atoms with van der Waals surface area (Å²) >= 11 is 0. The average molecular weight is 235 g/mol. The molecule has 0 radical (unpaired) electrons. The van der Waals surface area contributed by atoms with Crippen molar-refractivity contribution in [2.75, 3.05) is 6.61 Å². The lowest BCUT2D eigenvalue weighted by Gasteiger charge is -2.16. The Labute approximate surface area is 92.8 Å². The normalized spacial score (nSPS) is 15.1. The van der Waals surface area contributed by atoms with Gasteiger partial charge in [0.05, 0.1) is 6.61 Å². The van der Waals surface area contributed by atoms with Gasteiger partial charge in [0.25, 0.3) is 0 Å². The van der Waals surface area contributed by atoms with Crippen LogP contribution < -0.4 is 5.73 Å². The van der Waals surface area contributed by atoms with Crippen LogP contribution in [0.3, 0.4) is 0 Å². The molecule has 0 aromatic heterocycles. The van der Waals surface area contributed by atoms with E-state index in [1.165, 1.54) is 0 Å². The zero-order chi connectivity index (χ0) is 13.3. The van der Waals surface area contributed by atoms with Gasteiger partial charge in [-0.1, -0.05) is 6.58 Å². The molecule has 1 amide bonds. The minimum atomic E-state index is -1.64. The summed E-state index contributed by atoms with van der Waals surface area (Å²) in [6.45, 7) is 4.16. The molecule has 0 aliphatic heterocycles. The van der Waals surface area contributed by atoms with Gasteiger partial charge in [-0.05, 0) is 6.92 Å². The third-order valence-corrected chi connectivity index (χ3v) is 1.49. The van der Waals surface area contributed by atoms with E-state index in [0.717, 1.165) is 0 Å². The highest BCUT2D eigenvalue weighted by Gasteiger charge is 2.22. The van der Waals surface area contributed by atoms with Crippen molar-refractivity contribution in [3.63, 3.8) is 0 Å². The monoisotopic (exact) mass is 235 g/mol. The Kier molecular flexibility index (Phi) is 9.61. The molecule has 7 nitrogen and oxygen atoms in total. The molecule has 0 fully saturated rings. The Morgan fingerprint density at radius 2 is 1.81 bits per heavy atom. The van der Waals surface area contributed by atoms with Crippen LogP contribution in [0.2, 0.25) is 0 Å². The average Bonchev–Trinajstić information content (AvgIpc) is 2.26. The molecule has 0 saturated heterocycles. The van der Waals surface area contributed by atoms with E-state index in [9.17, 15) is 9.59 Å². The Morgan fingerprint density at radius 3 is 2.00 bits per heavy atom. The molecule has 94 valence electrons. The van der Waals surface area contributed by atoms with E-state index in [1.54, 1.807) is 6.92 Å². The predicted octanol–water partition coefficient (Wildman–Crippen LogP) is -2.69. The van der Waals surface area contributed by atoms with Gasteiger partial charge in [0.2, 0.25) is 5.91 Å². The molecule has 0 heterocycles. The van der Waals surface area contributed by atoms with Crippen LogP contribution in [0.15, 0.2) is 12.2 Å². The van der Waals surface area contributed by atoms with Gasteiger partial charge in [0.1, 0.15) is 18.3 Å². The van der Waals surface area contributed by atoms with Gasteiger partial charge < -0.3 is 31.0 Å². The van der Waals surface area contributed by atoms with Crippen molar-refractivity contribution < 1.29 is 30.0 Å². The minimum absolute atomic E-state index is 0.0869. The minimum Gasteiger partial charge on any atom is -0.394 e. The predicted molar refractivity (Wildman–Crippen MR) is 55.2 cm³/mol. The zero-order valence-corrected chi connectivity index (χ0v) is 8.91. The second-order valence-corrected chi connectivity index (χ2v) is 3.01. The highest BCUT2D eigenvalue weighted by molar-refractivity contribution is 5.90. The van der Waals surface area contributed by atoms with Crippen LogP contribution in [0, 0.1) is 0 Å². The van der Waals surface area contributed by atoms with Crippen molar-refractivity contribution in [1.29, 1.82) is 0 Å². The molecule has 7 heteroatoms. The van der Waals surface area contributed by atoms with Gasteiger partial charge in [0.15, 0.2) is 6.29 Å². The van der Waals surface area contributed by atoms with Crippen LogP contribution >= 0.6 is 0 Å². The topological polar surface area (TPSA) is 141 Å². The van der Waals surface area contributed by atoms with Gasteiger partial charge in [-0.3, -0.25) is 4.79 Å². The number of primary amides is 1. The highest BCUT2D eigenvalue weighted by Crippen LogP contribution is 1.96. The number of rotatable bonds is 5.